The number of benzene rings is 1. The molecule has 1 atom stereocenters. The van der Waals surface area contributed by atoms with Crippen molar-refractivity contribution in [1.29, 1.82) is 0 Å². The molecule has 0 saturated heterocycles. The van der Waals surface area contributed by atoms with Crippen molar-refractivity contribution < 1.29 is 9.00 Å². The first-order valence-electron chi connectivity index (χ1n) is 8.73. The number of hydrogen-bond acceptors (Lipinski definition) is 2. The Labute approximate surface area is 140 Å². The van der Waals surface area contributed by atoms with Crippen LogP contribution in [0.3, 0.4) is 0 Å². The van der Waals surface area contributed by atoms with Gasteiger partial charge in [-0.3, -0.25) is 9.00 Å². The lowest BCUT2D eigenvalue weighted by molar-refractivity contribution is -0.140. The lowest BCUT2D eigenvalue weighted by atomic mass is 9.49. The zero-order valence-electron chi connectivity index (χ0n) is 13.7. The minimum Gasteiger partial charge on any atom is -0.326 e. The van der Waals surface area contributed by atoms with Crippen molar-refractivity contribution >= 4 is 22.4 Å². The van der Waals surface area contributed by atoms with E-state index in [1.807, 2.05) is 24.3 Å². The van der Waals surface area contributed by atoms with Gasteiger partial charge in [0.1, 0.15) is 0 Å². The topological polar surface area (TPSA) is 46.2 Å². The Balaban J connectivity index is 1.51. The predicted octanol–water partition coefficient (Wildman–Crippen LogP) is 3.72. The second-order valence-corrected chi connectivity index (χ2v) is 9.50. The van der Waals surface area contributed by atoms with E-state index < -0.39 is 10.8 Å². The fraction of sp³-hybridized carbons (Fsp3) is 0.632. The van der Waals surface area contributed by atoms with Crippen LogP contribution in [0.25, 0.3) is 0 Å². The molecule has 1 aromatic rings. The maximum Gasteiger partial charge on any atom is 0.230 e. The lowest BCUT2D eigenvalue weighted by Gasteiger charge is -2.55. The third kappa shape index (κ3) is 2.98. The van der Waals surface area contributed by atoms with E-state index >= 15 is 0 Å². The molecule has 4 bridgehead atoms. The zero-order chi connectivity index (χ0) is 16.0. The van der Waals surface area contributed by atoms with E-state index in [-0.39, 0.29) is 11.3 Å². The van der Waals surface area contributed by atoms with Crippen molar-refractivity contribution in [3.05, 3.63) is 29.8 Å². The van der Waals surface area contributed by atoms with Crippen LogP contribution in [0.15, 0.2) is 24.3 Å². The van der Waals surface area contributed by atoms with Crippen LogP contribution in [-0.4, -0.2) is 16.4 Å². The number of carbonyl (C=O) groups excluding carboxylic acids is 1. The van der Waals surface area contributed by atoms with Gasteiger partial charge in [0.05, 0.1) is 5.41 Å². The molecule has 4 heteroatoms. The third-order valence-corrected chi connectivity index (χ3v) is 6.81. The molecule has 23 heavy (non-hydrogen) atoms. The summed E-state index contributed by atoms with van der Waals surface area (Å²) >= 11 is 0. The Bertz CT molecular complexity index is 619. The van der Waals surface area contributed by atoms with Crippen molar-refractivity contribution in [2.24, 2.45) is 23.2 Å². The summed E-state index contributed by atoms with van der Waals surface area (Å²) in [5, 5.41) is 3.17. The van der Waals surface area contributed by atoms with Crippen molar-refractivity contribution in [2.75, 3.05) is 11.6 Å². The lowest BCUT2D eigenvalue weighted by Crippen LogP contribution is -2.51. The van der Waals surface area contributed by atoms with Crippen LogP contribution in [0.2, 0.25) is 0 Å². The van der Waals surface area contributed by atoms with Crippen molar-refractivity contribution in [3.8, 4) is 0 Å². The molecule has 1 aromatic carbocycles. The fourth-order valence-corrected chi connectivity index (χ4v) is 6.27. The second-order valence-electron chi connectivity index (χ2n) is 8.07. The molecule has 0 aliphatic heterocycles. The standard InChI is InChI=1S/C19H25NO2S/c1-23(22)12-13-3-2-4-17(8-13)20-18(21)19-9-14-5-15(10-19)7-16(6-14)11-19/h2-4,8,14-16H,5-7,9-12H2,1H3,(H,20,21). The molecule has 124 valence electrons. The minimum absolute atomic E-state index is 0.113. The van der Waals surface area contributed by atoms with Crippen LogP contribution < -0.4 is 5.32 Å². The van der Waals surface area contributed by atoms with E-state index in [2.05, 4.69) is 5.32 Å². The zero-order valence-corrected chi connectivity index (χ0v) is 14.5. The normalized spacial score (nSPS) is 36.0. The van der Waals surface area contributed by atoms with E-state index in [0.29, 0.717) is 5.75 Å². The smallest absolute Gasteiger partial charge is 0.230 e. The van der Waals surface area contributed by atoms with Crippen LogP contribution in [0, 0.1) is 23.2 Å². The van der Waals surface area contributed by atoms with Gasteiger partial charge in [0.25, 0.3) is 0 Å². The summed E-state index contributed by atoms with van der Waals surface area (Å²) in [5.41, 5.74) is 1.76. The summed E-state index contributed by atoms with van der Waals surface area (Å²) in [6, 6.07) is 7.83. The van der Waals surface area contributed by atoms with Crippen LogP contribution >= 0.6 is 0 Å². The molecular formula is C19H25NO2S. The van der Waals surface area contributed by atoms with Crippen molar-refractivity contribution in [2.45, 2.75) is 44.3 Å². The Kier molecular flexibility index (Phi) is 3.83. The molecule has 1 unspecified atom stereocenters. The average Bonchev–Trinajstić information content (AvgIpc) is 2.45. The van der Waals surface area contributed by atoms with Gasteiger partial charge in [-0.25, -0.2) is 0 Å². The monoisotopic (exact) mass is 331 g/mol. The quantitative estimate of drug-likeness (QED) is 0.914. The van der Waals surface area contributed by atoms with Crippen LogP contribution in [0.4, 0.5) is 5.69 Å². The summed E-state index contributed by atoms with van der Waals surface area (Å²) < 4.78 is 11.4. The maximum absolute atomic E-state index is 13.0. The maximum atomic E-state index is 13.0. The minimum atomic E-state index is -0.859. The first-order valence-corrected chi connectivity index (χ1v) is 10.5. The van der Waals surface area contributed by atoms with E-state index in [1.165, 1.54) is 19.3 Å². The Morgan fingerprint density at radius 1 is 1.17 bits per heavy atom. The Hall–Kier alpha value is -1.16. The van der Waals surface area contributed by atoms with Gasteiger partial charge in [-0.05, 0) is 74.0 Å². The number of rotatable bonds is 4. The van der Waals surface area contributed by atoms with Gasteiger partial charge in [0.2, 0.25) is 5.91 Å². The highest BCUT2D eigenvalue weighted by Crippen LogP contribution is 2.60. The second kappa shape index (κ2) is 5.73. The summed E-state index contributed by atoms with van der Waals surface area (Å²) in [7, 11) is -0.859. The van der Waals surface area contributed by atoms with Gasteiger partial charge < -0.3 is 5.32 Å². The van der Waals surface area contributed by atoms with Gasteiger partial charge in [0, 0.05) is 28.5 Å². The van der Waals surface area contributed by atoms with E-state index in [0.717, 1.165) is 48.3 Å². The van der Waals surface area contributed by atoms with Crippen LogP contribution in [0.1, 0.15) is 44.1 Å². The number of amides is 1. The molecule has 1 N–H and O–H groups in total. The van der Waals surface area contributed by atoms with Gasteiger partial charge in [0.15, 0.2) is 0 Å². The highest BCUT2D eigenvalue weighted by Gasteiger charge is 2.54. The molecule has 4 aliphatic rings. The molecular weight excluding hydrogens is 306 g/mol. The summed E-state index contributed by atoms with van der Waals surface area (Å²) in [6.07, 6.45) is 9.02. The average molecular weight is 331 g/mol. The van der Waals surface area contributed by atoms with Crippen molar-refractivity contribution in [1.82, 2.24) is 0 Å². The number of hydrogen-bond donors (Lipinski definition) is 1. The predicted molar refractivity (Wildman–Crippen MR) is 93.4 cm³/mol. The molecule has 3 nitrogen and oxygen atoms in total. The Morgan fingerprint density at radius 3 is 2.35 bits per heavy atom. The van der Waals surface area contributed by atoms with E-state index in [4.69, 9.17) is 0 Å². The van der Waals surface area contributed by atoms with E-state index in [1.54, 1.807) is 6.26 Å². The molecule has 0 spiro atoms. The highest BCUT2D eigenvalue weighted by molar-refractivity contribution is 7.83. The van der Waals surface area contributed by atoms with Crippen LogP contribution in [-0.2, 0) is 21.3 Å². The van der Waals surface area contributed by atoms with Crippen molar-refractivity contribution in [3.63, 3.8) is 0 Å². The number of anilines is 1. The molecule has 4 fully saturated rings. The van der Waals surface area contributed by atoms with Gasteiger partial charge in [-0.1, -0.05) is 12.1 Å². The number of nitrogens with one attached hydrogen (secondary N) is 1. The third-order valence-electron chi connectivity index (χ3n) is 6.07. The number of carbonyl (C=O) groups is 1. The highest BCUT2D eigenvalue weighted by atomic mass is 32.2. The summed E-state index contributed by atoms with van der Waals surface area (Å²) in [5.74, 6) is 3.11. The van der Waals surface area contributed by atoms with Crippen LogP contribution in [0.5, 0.6) is 0 Å². The molecule has 4 saturated carbocycles. The fourth-order valence-electron chi connectivity index (χ4n) is 5.63. The molecule has 4 aliphatic carbocycles. The van der Waals surface area contributed by atoms with Gasteiger partial charge >= 0.3 is 0 Å². The van der Waals surface area contributed by atoms with Gasteiger partial charge in [-0.2, -0.15) is 0 Å². The Morgan fingerprint density at radius 2 is 1.78 bits per heavy atom. The summed E-state index contributed by atoms with van der Waals surface area (Å²) in [4.78, 5) is 13.0. The van der Waals surface area contributed by atoms with E-state index in [9.17, 15) is 9.00 Å². The molecule has 1 amide bonds. The molecule has 0 aromatic heterocycles. The molecule has 5 rings (SSSR count). The molecule has 0 radical (unpaired) electrons. The molecule has 0 heterocycles. The SMILES string of the molecule is CS(=O)Cc1cccc(NC(=O)C23CC4CC(CC(C4)C2)C3)c1. The first-order chi connectivity index (χ1) is 11.0. The largest absolute Gasteiger partial charge is 0.326 e. The van der Waals surface area contributed by atoms with Gasteiger partial charge in [-0.15, -0.1) is 0 Å². The summed E-state index contributed by atoms with van der Waals surface area (Å²) in [6.45, 7) is 0. The first kappa shape index (κ1) is 15.4.